The van der Waals surface area contributed by atoms with Crippen molar-refractivity contribution in [3.8, 4) is 10.7 Å². The number of hydrogen-bond donors (Lipinski definition) is 2. The van der Waals surface area contributed by atoms with Crippen LogP contribution in [0.4, 0.5) is 5.13 Å². The fraction of sp³-hybridized carbons (Fsp3) is 0.500. The number of tetrazole rings is 1. The minimum Gasteiger partial charge on any atom is -0.480 e. The van der Waals surface area contributed by atoms with Crippen LogP contribution in [0.5, 0.6) is 0 Å². The first kappa shape index (κ1) is 15.6. The monoisotopic (exact) mass is 331 g/mol. The van der Waals surface area contributed by atoms with Crippen LogP contribution in [0.2, 0.25) is 0 Å². The van der Waals surface area contributed by atoms with Gasteiger partial charge in [-0.05, 0) is 5.21 Å². The Morgan fingerprint density at radius 1 is 1.43 bits per heavy atom. The summed E-state index contributed by atoms with van der Waals surface area (Å²) in [6, 6.07) is 0. The van der Waals surface area contributed by atoms with Crippen molar-refractivity contribution < 1.29 is 9.90 Å². The highest BCUT2D eigenvalue weighted by Gasteiger charge is 2.17. The van der Waals surface area contributed by atoms with Gasteiger partial charge in [0.15, 0.2) is 11.7 Å². The summed E-state index contributed by atoms with van der Waals surface area (Å²) in [5.74, 6) is -0.593. The van der Waals surface area contributed by atoms with Gasteiger partial charge in [-0.15, -0.1) is 22.6 Å². The third kappa shape index (κ3) is 3.65. The van der Waals surface area contributed by atoms with E-state index in [0.29, 0.717) is 5.82 Å². The van der Waals surface area contributed by atoms with Crippen LogP contribution in [0.3, 0.4) is 0 Å². The fourth-order valence-electron chi connectivity index (χ4n) is 1.90. The lowest BCUT2D eigenvalue weighted by Crippen LogP contribution is -2.43. The molecule has 0 saturated carbocycles. The number of thiazole rings is 1. The number of carbonyl (C=O) groups is 1. The minimum absolute atomic E-state index is 0. The molecule has 0 radical (unpaired) electrons. The number of aliphatic carboxylic acids is 1. The second-order valence-corrected chi connectivity index (χ2v) is 5.29. The molecule has 0 amide bonds. The van der Waals surface area contributed by atoms with E-state index >= 15 is 0 Å². The smallest absolute Gasteiger partial charge is 0.327 e. The van der Waals surface area contributed by atoms with Crippen molar-refractivity contribution in [2.24, 2.45) is 0 Å². The molecule has 0 unspecified atom stereocenters. The molecule has 1 aliphatic heterocycles. The molecule has 21 heavy (non-hydrogen) atoms. The van der Waals surface area contributed by atoms with Gasteiger partial charge in [-0.1, -0.05) is 11.3 Å². The molecule has 2 aromatic rings. The summed E-state index contributed by atoms with van der Waals surface area (Å²) in [6.45, 7) is 3.44. The van der Waals surface area contributed by atoms with Crippen molar-refractivity contribution in [2.45, 2.75) is 6.54 Å². The maximum atomic E-state index is 10.6. The van der Waals surface area contributed by atoms with Crippen LogP contribution in [-0.2, 0) is 11.3 Å². The van der Waals surface area contributed by atoms with Gasteiger partial charge < -0.3 is 15.3 Å². The van der Waals surface area contributed by atoms with Crippen LogP contribution in [0.25, 0.3) is 10.7 Å². The molecular weight excluding hydrogens is 318 g/mol. The van der Waals surface area contributed by atoms with E-state index in [-0.39, 0.29) is 19.0 Å². The van der Waals surface area contributed by atoms with Gasteiger partial charge in [0.25, 0.3) is 0 Å². The zero-order valence-corrected chi connectivity index (χ0v) is 12.6. The lowest BCUT2D eigenvalue weighted by molar-refractivity contribution is -0.138. The summed E-state index contributed by atoms with van der Waals surface area (Å²) in [6.07, 6.45) is 1.70. The second kappa shape index (κ2) is 6.78. The molecule has 0 aromatic carbocycles. The Morgan fingerprint density at radius 2 is 2.19 bits per heavy atom. The molecule has 11 heteroatoms. The van der Waals surface area contributed by atoms with E-state index in [2.05, 4.69) is 30.6 Å². The van der Waals surface area contributed by atoms with Crippen LogP contribution in [-0.4, -0.2) is 62.4 Å². The van der Waals surface area contributed by atoms with Gasteiger partial charge in [0.2, 0.25) is 5.82 Å². The molecule has 3 rings (SSSR count). The van der Waals surface area contributed by atoms with E-state index in [1.54, 1.807) is 6.20 Å². The summed E-state index contributed by atoms with van der Waals surface area (Å²) >= 11 is 1.49. The van der Waals surface area contributed by atoms with Crippen molar-refractivity contribution >= 4 is 34.8 Å². The summed E-state index contributed by atoms with van der Waals surface area (Å²) in [7, 11) is 0. The van der Waals surface area contributed by atoms with Crippen molar-refractivity contribution in [1.82, 2.24) is 30.5 Å². The zero-order valence-electron chi connectivity index (χ0n) is 11.0. The molecule has 2 N–H and O–H groups in total. The Morgan fingerprint density at radius 3 is 2.90 bits per heavy atom. The Labute approximate surface area is 130 Å². The first-order valence-corrected chi connectivity index (χ1v) is 6.95. The topological polar surface area (TPSA) is 109 Å². The predicted molar refractivity (Wildman–Crippen MR) is 78.9 cm³/mol. The quantitative estimate of drug-likeness (QED) is 0.787. The lowest BCUT2D eigenvalue weighted by Gasteiger charge is -2.26. The Kier molecular flexibility index (Phi) is 5.04. The molecule has 1 saturated heterocycles. The molecule has 0 bridgehead atoms. The molecule has 0 aliphatic carbocycles. The standard InChI is InChI=1S/C10H13N7O2S.ClH/c18-8(19)6-17-14-9(13-15-17)7-5-12-10(20-7)16-3-1-11-2-4-16;/h5,11H,1-4,6H2,(H,18,19);1H. The molecule has 0 spiro atoms. The molecule has 0 atom stereocenters. The highest BCUT2D eigenvalue weighted by molar-refractivity contribution is 7.18. The first-order chi connectivity index (χ1) is 9.72. The van der Waals surface area contributed by atoms with Crippen LogP contribution >= 0.6 is 23.7 Å². The number of rotatable bonds is 4. The Hall–Kier alpha value is -1.78. The number of piperazine rings is 1. The molecule has 3 heterocycles. The van der Waals surface area contributed by atoms with Gasteiger partial charge in [0.1, 0.15) is 0 Å². The van der Waals surface area contributed by atoms with E-state index in [9.17, 15) is 4.79 Å². The Balaban J connectivity index is 0.00000161. The lowest BCUT2D eigenvalue weighted by atomic mass is 10.4. The van der Waals surface area contributed by atoms with E-state index in [1.807, 2.05) is 0 Å². The van der Waals surface area contributed by atoms with Gasteiger partial charge in [-0.25, -0.2) is 4.98 Å². The number of nitrogens with zero attached hydrogens (tertiary/aromatic N) is 6. The molecule has 1 aliphatic rings. The third-order valence-electron chi connectivity index (χ3n) is 2.83. The van der Waals surface area contributed by atoms with Crippen molar-refractivity contribution in [2.75, 3.05) is 31.1 Å². The van der Waals surface area contributed by atoms with E-state index in [1.165, 1.54) is 11.3 Å². The number of halogens is 1. The second-order valence-electron chi connectivity index (χ2n) is 4.28. The Bertz CT molecular complexity index is 610. The van der Waals surface area contributed by atoms with Crippen LogP contribution in [0.15, 0.2) is 6.20 Å². The summed E-state index contributed by atoms with van der Waals surface area (Å²) in [4.78, 5) is 19.0. The summed E-state index contributed by atoms with van der Waals surface area (Å²) in [5, 5.41) is 24.5. The van der Waals surface area contributed by atoms with Crippen molar-refractivity contribution in [1.29, 1.82) is 0 Å². The maximum Gasteiger partial charge on any atom is 0.327 e. The molecule has 114 valence electrons. The highest BCUT2D eigenvalue weighted by atomic mass is 35.5. The van der Waals surface area contributed by atoms with Crippen molar-refractivity contribution in [3.05, 3.63) is 6.20 Å². The number of carboxylic acid groups (broad SMARTS) is 1. The first-order valence-electron chi connectivity index (χ1n) is 6.14. The van der Waals surface area contributed by atoms with Gasteiger partial charge in [-0.3, -0.25) is 4.79 Å². The van der Waals surface area contributed by atoms with E-state index in [0.717, 1.165) is 41.0 Å². The number of nitrogens with one attached hydrogen (secondary N) is 1. The van der Waals surface area contributed by atoms with Gasteiger partial charge in [0.05, 0.1) is 11.1 Å². The average Bonchev–Trinajstić information content (AvgIpc) is 3.07. The van der Waals surface area contributed by atoms with Gasteiger partial charge in [0, 0.05) is 26.2 Å². The van der Waals surface area contributed by atoms with Gasteiger partial charge >= 0.3 is 5.97 Å². The van der Waals surface area contributed by atoms with E-state index in [4.69, 9.17) is 5.11 Å². The predicted octanol–water partition coefficient (Wildman–Crippen LogP) is -0.287. The number of hydrogen-bond acceptors (Lipinski definition) is 8. The molecular formula is C10H14ClN7O2S. The van der Waals surface area contributed by atoms with Crippen LogP contribution in [0.1, 0.15) is 0 Å². The van der Waals surface area contributed by atoms with Gasteiger partial charge in [-0.2, -0.15) is 4.80 Å². The zero-order chi connectivity index (χ0) is 13.9. The maximum absolute atomic E-state index is 10.6. The SMILES string of the molecule is Cl.O=C(O)Cn1nnc(-c2cnc(N3CCNCC3)s2)n1. The largest absolute Gasteiger partial charge is 0.480 e. The number of aromatic nitrogens is 5. The number of carboxylic acids is 1. The third-order valence-corrected chi connectivity index (χ3v) is 3.88. The average molecular weight is 332 g/mol. The summed E-state index contributed by atoms with van der Waals surface area (Å²) in [5.41, 5.74) is 0. The highest BCUT2D eigenvalue weighted by Crippen LogP contribution is 2.28. The number of anilines is 1. The minimum atomic E-state index is -1.00. The van der Waals surface area contributed by atoms with Crippen LogP contribution in [0, 0.1) is 0 Å². The van der Waals surface area contributed by atoms with E-state index < -0.39 is 5.97 Å². The molecule has 1 fully saturated rings. The normalized spacial score (nSPS) is 14.8. The van der Waals surface area contributed by atoms with Crippen molar-refractivity contribution in [3.63, 3.8) is 0 Å². The fourth-order valence-corrected chi connectivity index (χ4v) is 2.79. The molecule has 9 nitrogen and oxygen atoms in total. The van der Waals surface area contributed by atoms with Crippen LogP contribution < -0.4 is 10.2 Å². The summed E-state index contributed by atoms with van der Waals surface area (Å²) < 4.78 is 0. The molecule has 2 aromatic heterocycles.